The molecule has 0 aromatic carbocycles. The number of carbonyl (C=O) groups is 1. The normalized spacial score (nSPS) is 25.1. The fraction of sp³-hybridized carbons (Fsp3) is 0.636. The second-order valence-electron chi connectivity index (χ2n) is 4.29. The Morgan fingerprint density at radius 1 is 1.76 bits per heavy atom. The first-order chi connectivity index (χ1) is 8.10. The molecule has 1 fully saturated rings. The minimum Gasteiger partial charge on any atom is -0.468 e. The number of nitrogens with zero attached hydrogens (tertiary/aromatic N) is 2. The summed E-state index contributed by atoms with van der Waals surface area (Å²) in [4.78, 5) is 13.4. The standard InChI is InChI=1S/C11H16N2O4/c1-7-3-9(17-12-7)6-13-5-8(14)4-10(13)11(15)16-2/h3,8,10,14H,4-6H2,1-2H3. The van der Waals surface area contributed by atoms with Crippen LogP contribution in [0.1, 0.15) is 17.9 Å². The number of likely N-dealkylation sites (tertiary alicyclic amines) is 1. The van der Waals surface area contributed by atoms with Crippen LogP contribution in [0.25, 0.3) is 0 Å². The van der Waals surface area contributed by atoms with Crippen LogP contribution < -0.4 is 0 Å². The van der Waals surface area contributed by atoms with E-state index in [9.17, 15) is 9.90 Å². The summed E-state index contributed by atoms with van der Waals surface area (Å²) in [6.07, 6.45) is -0.0945. The van der Waals surface area contributed by atoms with Gasteiger partial charge in [-0.1, -0.05) is 5.16 Å². The lowest BCUT2D eigenvalue weighted by molar-refractivity contribution is -0.146. The topological polar surface area (TPSA) is 75.8 Å². The number of hydrogen-bond acceptors (Lipinski definition) is 6. The molecule has 17 heavy (non-hydrogen) atoms. The van der Waals surface area contributed by atoms with Crippen molar-refractivity contribution in [3.63, 3.8) is 0 Å². The van der Waals surface area contributed by atoms with Crippen LogP contribution in [0.15, 0.2) is 10.6 Å². The largest absolute Gasteiger partial charge is 0.468 e. The molecule has 1 aliphatic heterocycles. The van der Waals surface area contributed by atoms with E-state index in [0.717, 1.165) is 5.69 Å². The molecule has 2 atom stereocenters. The summed E-state index contributed by atoms with van der Waals surface area (Å²) >= 11 is 0. The van der Waals surface area contributed by atoms with Crippen LogP contribution in [0.4, 0.5) is 0 Å². The van der Waals surface area contributed by atoms with E-state index >= 15 is 0 Å². The van der Waals surface area contributed by atoms with Gasteiger partial charge in [-0.15, -0.1) is 0 Å². The summed E-state index contributed by atoms with van der Waals surface area (Å²) in [5.74, 6) is 0.364. The lowest BCUT2D eigenvalue weighted by atomic mass is 10.2. The number of ether oxygens (including phenoxy) is 1. The zero-order valence-electron chi connectivity index (χ0n) is 9.92. The Kier molecular flexibility index (Phi) is 3.44. The molecule has 0 saturated carbocycles. The van der Waals surface area contributed by atoms with Gasteiger partial charge in [0.15, 0.2) is 5.76 Å². The summed E-state index contributed by atoms with van der Waals surface area (Å²) < 4.78 is 9.82. The summed E-state index contributed by atoms with van der Waals surface area (Å²) in [6, 6.07) is 1.42. The first-order valence-corrected chi connectivity index (χ1v) is 5.52. The molecule has 6 nitrogen and oxygen atoms in total. The molecular weight excluding hydrogens is 224 g/mol. The maximum atomic E-state index is 11.5. The molecule has 2 rings (SSSR count). The van der Waals surface area contributed by atoms with Gasteiger partial charge < -0.3 is 14.4 Å². The second-order valence-corrected chi connectivity index (χ2v) is 4.29. The summed E-state index contributed by atoms with van der Waals surface area (Å²) in [7, 11) is 1.35. The van der Waals surface area contributed by atoms with Gasteiger partial charge in [-0.2, -0.15) is 0 Å². The predicted molar refractivity (Wildman–Crippen MR) is 58.1 cm³/mol. The zero-order chi connectivity index (χ0) is 12.4. The van der Waals surface area contributed by atoms with Crippen molar-refractivity contribution in [2.75, 3.05) is 13.7 Å². The predicted octanol–water partition coefficient (Wildman–Crippen LogP) is 0.0912. The van der Waals surface area contributed by atoms with Crippen LogP contribution in [0.3, 0.4) is 0 Å². The van der Waals surface area contributed by atoms with Gasteiger partial charge in [0.05, 0.1) is 25.5 Å². The Morgan fingerprint density at radius 3 is 3.12 bits per heavy atom. The molecule has 0 amide bonds. The van der Waals surface area contributed by atoms with Gasteiger partial charge in [-0.05, 0) is 6.92 Å². The molecule has 1 aromatic heterocycles. The second kappa shape index (κ2) is 4.85. The third kappa shape index (κ3) is 2.65. The maximum Gasteiger partial charge on any atom is 0.323 e. The van der Waals surface area contributed by atoms with Crippen LogP contribution >= 0.6 is 0 Å². The lowest BCUT2D eigenvalue weighted by Gasteiger charge is -2.20. The van der Waals surface area contributed by atoms with E-state index in [1.807, 2.05) is 17.9 Å². The molecule has 94 valence electrons. The third-order valence-corrected chi connectivity index (χ3v) is 2.89. The van der Waals surface area contributed by atoms with E-state index in [-0.39, 0.29) is 5.97 Å². The fourth-order valence-electron chi connectivity index (χ4n) is 2.13. The van der Waals surface area contributed by atoms with Crippen molar-refractivity contribution >= 4 is 5.97 Å². The Morgan fingerprint density at radius 2 is 2.53 bits per heavy atom. The van der Waals surface area contributed by atoms with Crippen LogP contribution in [0.2, 0.25) is 0 Å². The lowest BCUT2D eigenvalue weighted by Crippen LogP contribution is -2.36. The zero-order valence-corrected chi connectivity index (χ0v) is 9.92. The highest BCUT2D eigenvalue weighted by atomic mass is 16.5. The molecule has 2 heterocycles. The first-order valence-electron chi connectivity index (χ1n) is 5.52. The van der Waals surface area contributed by atoms with Gasteiger partial charge in [0, 0.05) is 19.0 Å². The summed E-state index contributed by atoms with van der Waals surface area (Å²) in [5.41, 5.74) is 0.800. The van der Waals surface area contributed by atoms with Crippen LogP contribution in [-0.4, -0.2) is 46.9 Å². The van der Waals surface area contributed by atoms with Crippen molar-refractivity contribution in [2.24, 2.45) is 0 Å². The smallest absolute Gasteiger partial charge is 0.323 e. The molecule has 2 unspecified atom stereocenters. The van der Waals surface area contributed by atoms with E-state index < -0.39 is 12.1 Å². The van der Waals surface area contributed by atoms with Crippen LogP contribution in [-0.2, 0) is 16.1 Å². The highest BCUT2D eigenvalue weighted by molar-refractivity contribution is 5.76. The van der Waals surface area contributed by atoms with E-state index in [1.54, 1.807) is 0 Å². The number of β-amino-alcohol motifs (C(OH)–C–C–N with tert-alkyl or cyclic N) is 1. The molecule has 1 saturated heterocycles. The van der Waals surface area contributed by atoms with Gasteiger partial charge in [-0.3, -0.25) is 9.69 Å². The van der Waals surface area contributed by atoms with Crippen molar-refractivity contribution in [1.29, 1.82) is 0 Å². The number of aromatic nitrogens is 1. The highest BCUT2D eigenvalue weighted by Crippen LogP contribution is 2.21. The minimum absolute atomic E-state index is 0.321. The quantitative estimate of drug-likeness (QED) is 0.755. The van der Waals surface area contributed by atoms with Gasteiger partial charge in [-0.25, -0.2) is 0 Å². The van der Waals surface area contributed by atoms with E-state index in [0.29, 0.717) is 25.3 Å². The minimum atomic E-state index is -0.497. The number of carbonyl (C=O) groups excluding carboxylic acids is 1. The SMILES string of the molecule is COC(=O)C1CC(O)CN1Cc1cc(C)no1. The van der Waals surface area contributed by atoms with Crippen molar-refractivity contribution in [2.45, 2.75) is 32.0 Å². The average molecular weight is 240 g/mol. The molecule has 1 N–H and O–H groups in total. The van der Waals surface area contributed by atoms with E-state index in [1.165, 1.54) is 7.11 Å². The number of esters is 1. The van der Waals surface area contributed by atoms with Gasteiger partial charge in [0.2, 0.25) is 0 Å². The van der Waals surface area contributed by atoms with Crippen molar-refractivity contribution in [3.05, 3.63) is 17.5 Å². The summed E-state index contributed by atoms with van der Waals surface area (Å²) in [6.45, 7) is 2.74. The first kappa shape index (κ1) is 12.1. The third-order valence-electron chi connectivity index (χ3n) is 2.89. The highest BCUT2D eigenvalue weighted by Gasteiger charge is 2.37. The Labute approximate surface area is 99.1 Å². The maximum absolute atomic E-state index is 11.5. The Bertz CT molecular complexity index is 404. The summed E-state index contributed by atoms with van der Waals surface area (Å²) in [5, 5.41) is 13.4. The Hall–Kier alpha value is -1.40. The fourth-order valence-corrected chi connectivity index (χ4v) is 2.13. The van der Waals surface area contributed by atoms with Crippen LogP contribution in [0.5, 0.6) is 0 Å². The van der Waals surface area contributed by atoms with E-state index in [4.69, 9.17) is 9.26 Å². The molecule has 6 heteroatoms. The Balaban J connectivity index is 2.05. The molecule has 0 bridgehead atoms. The monoisotopic (exact) mass is 240 g/mol. The van der Waals surface area contributed by atoms with Gasteiger partial charge in [0.1, 0.15) is 6.04 Å². The van der Waals surface area contributed by atoms with Crippen molar-refractivity contribution in [1.82, 2.24) is 10.1 Å². The number of hydrogen-bond donors (Lipinski definition) is 1. The van der Waals surface area contributed by atoms with Gasteiger partial charge in [0.25, 0.3) is 0 Å². The number of aliphatic hydroxyl groups excluding tert-OH is 1. The number of rotatable bonds is 3. The molecule has 1 aliphatic rings. The molecule has 0 radical (unpaired) electrons. The molecular formula is C11H16N2O4. The average Bonchev–Trinajstić information content (AvgIpc) is 2.85. The van der Waals surface area contributed by atoms with Crippen molar-refractivity contribution < 1.29 is 19.2 Å². The number of aliphatic hydroxyl groups is 1. The van der Waals surface area contributed by atoms with Crippen LogP contribution in [0, 0.1) is 6.92 Å². The molecule has 0 aliphatic carbocycles. The molecule has 1 aromatic rings. The number of aryl methyl sites for hydroxylation is 1. The van der Waals surface area contributed by atoms with E-state index in [2.05, 4.69) is 5.16 Å². The van der Waals surface area contributed by atoms with Gasteiger partial charge >= 0.3 is 5.97 Å². The molecule has 0 spiro atoms. The van der Waals surface area contributed by atoms with Crippen molar-refractivity contribution in [3.8, 4) is 0 Å². The number of methoxy groups -OCH3 is 1.